The monoisotopic (exact) mass is 464 g/mol. The molecule has 4 nitrogen and oxygen atoms in total. The van der Waals surface area contributed by atoms with Crippen LogP contribution in [0.25, 0.3) is 0 Å². The average Bonchev–Trinajstić information content (AvgIpc) is 2.82. The second kappa shape index (κ2) is 9.44. The first-order chi connectivity index (χ1) is 10.5. The molecule has 0 aliphatic heterocycles. The lowest BCUT2D eigenvalue weighted by atomic mass is 10.1. The fraction of sp³-hybridized carbons (Fsp3) is 0.375. The molecule has 2 aromatic rings. The molecule has 1 aromatic heterocycles. The van der Waals surface area contributed by atoms with Crippen molar-refractivity contribution in [2.24, 2.45) is 4.99 Å². The highest BCUT2D eigenvalue weighted by Gasteiger charge is 2.11. The summed E-state index contributed by atoms with van der Waals surface area (Å²) in [4.78, 5) is 10.0. The molecule has 1 heterocycles. The van der Waals surface area contributed by atoms with Gasteiger partial charge in [0, 0.05) is 16.9 Å². The minimum atomic E-state index is 0. The van der Waals surface area contributed by atoms with Crippen LogP contribution in [0, 0.1) is 13.8 Å². The van der Waals surface area contributed by atoms with E-state index in [4.69, 9.17) is 11.6 Å². The van der Waals surface area contributed by atoms with Crippen LogP contribution in [0.1, 0.15) is 34.1 Å². The van der Waals surface area contributed by atoms with Crippen molar-refractivity contribution < 1.29 is 0 Å². The Balaban J connectivity index is 0.00000264. The Kier molecular flexibility index (Phi) is 8.28. The number of rotatable bonds is 4. The van der Waals surface area contributed by atoms with Crippen LogP contribution in [0.4, 0.5) is 0 Å². The maximum absolute atomic E-state index is 6.23. The number of aromatic nitrogens is 1. The normalized spacial score (nSPS) is 12.5. The summed E-state index contributed by atoms with van der Waals surface area (Å²) in [6.07, 6.45) is 0. The molecule has 0 aliphatic carbocycles. The first-order valence-corrected chi connectivity index (χ1v) is 8.35. The zero-order valence-electron chi connectivity index (χ0n) is 13.7. The van der Waals surface area contributed by atoms with Gasteiger partial charge in [0.2, 0.25) is 0 Å². The van der Waals surface area contributed by atoms with E-state index < -0.39 is 0 Å². The van der Waals surface area contributed by atoms with E-state index in [2.05, 4.69) is 34.5 Å². The van der Waals surface area contributed by atoms with Crippen molar-refractivity contribution in [3.05, 3.63) is 50.4 Å². The van der Waals surface area contributed by atoms with Crippen molar-refractivity contribution >= 4 is 52.9 Å². The van der Waals surface area contributed by atoms with Gasteiger partial charge in [-0.15, -0.1) is 35.3 Å². The van der Waals surface area contributed by atoms with E-state index in [1.165, 1.54) is 4.88 Å². The molecule has 23 heavy (non-hydrogen) atoms. The fourth-order valence-electron chi connectivity index (χ4n) is 2.08. The molecule has 0 aliphatic rings. The Hall–Kier alpha value is -0.860. The molecule has 2 rings (SSSR count). The topological polar surface area (TPSA) is 49.3 Å². The van der Waals surface area contributed by atoms with Gasteiger partial charge in [0.1, 0.15) is 5.01 Å². The standard InChI is InChI=1S/C16H21ClN4S.HI/c1-10-12(3)22-15(20-10)9-19-16(18-4)21-11(2)13-7-5-6-8-14(13)17;/h5-8,11H,9H2,1-4H3,(H2,18,19,21);1H. The third-order valence-corrected chi connectivity index (χ3v) is 4.85. The largest absolute Gasteiger partial charge is 0.350 e. The lowest BCUT2D eigenvalue weighted by molar-refractivity contribution is 0.685. The lowest BCUT2D eigenvalue weighted by Gasteiger charge is -2.18. The number of nitrogens with zero attached hydrogens (tertiary/aromatic N) is 2. The number of guanidine groups is 1. The van der Waals surface area contributed by atoms with Crippen LogP contribution in [-0.2, 0) is 6.54 Å². The van der Waals surface area contributed by atoms with Gasteiger partial charge in [0.15, 0.2) is 5.96 Å². The molecule has 0 saturated carbocycles. The number of hydrogen-bond acceptors (Lipinski definition) is 3. The molecule has 0 fully saturated rings. The van der Waals surface area contributed by atoms with Crippen LogP contribution in [-0.4, -0.2) is 18.0 Å². The highest BCUT2D eigenvalue weighted by atomic mass is 127. The van der Waals surface area contributed by atoms with E-state index in [0.717, 1.165) is 27.2 Å². The zero-order chi connectivity index (χ0) is 16.1. The van der Waals surface area contributed by atoms with E-state index in [0.29, 0.717) is 6.54 Å². The summed E-state index contributed by atoms with van der Waals surface area (Å²) in [5.41, 5.74) is 2.14. The Bertz CT molecular complexity index is 652. The van der Waals surface area contributed by atoms with Gasteiger partial charge in [-0.2, -0.15) is 0 Å². The van der Waals surface area contributed by atoms with Gasteiger partial charge in [0.25, 0.3) is 0 Å². The van der Waals surface area contributed by atoms with Gasteiger partial charge in [-0.1, -0.05) is 29.8 Å². The predicted molar refractivity (Wildman–Crippen MR) is 110 cm³/mol. The molecule has 1 unspecified atom stereocenters. The number of aryl methyl sites for hydroxylation is 2. The Morgan fingerprint density at radius 1 is 1.35 bits per heavy atom. The van der Waals surface area contributed by atoms with Crippen molar-refractivity contribution in [3.63, 3.8) is 0 Å². The van der Waals surface area contributed by atoms with E-state index in [-0.39, 0.29) is 30.0 Å². The molecule has 0 saturated heterocycles. The van der Waals surface area contributed by atoms with Crippen LogP contribution in [0.15, 0.2) is 29.3 Å². The van der Waals surface area contributed by atoms with Gasteiger partial charge in [-0.05, 0) is 32.4 Å². The molecule has 7 heteroatoms. The molecule has 0 amide bonds. The van der Waals surface area contributed by atoms with Gasteiger partial charge in [-0.3, -0.25) is 4.99 Å². The highest BCUT2D eigenvalue weighted by molar-refractivity contribution is 14.0. The molecule has 1 aromatic carbocycles. The summed E-state index contributed by atoms with van der Waals surface area (Å²) >= 11 is 7.94. The molecule has 0 radical (unpaired) electrons. The predicted octanol–water partition coefficient (Wildman–Crippen LogP) is 4.46. The summed E-state index contributed by atoms with van der Waals surface area (Å²) in [7, 11) is 1.76. The van der Waals surface area contributed by atoms with Gasteiger partial charge >= 0.3 is 0 Å². The van der Waals surface area contributed by atoms with E-state index in [1.807, 2.05) is 31.2 Å². The van der Waals surface area contributed by atoms with Crippen molar-refractivity contribution in [2.45, 2.75) is 33.4 Å². The van der Waals surface area contributed by atoms with E-state index in [9.17, 15) is 0 Å². The number of thiazole rings is 1. The van der Waals surface area contributed by atoms with Crippen molar-refractivity contribution in [2.75, 3.05) is 7.05 Å². The second-order valence-corrected chi connectivity index (χ2v) is 6.76. The molecular weight excluding hydrogens is 443 g/mol. The van der Waals surface area contributed by atoms with Crippen LogP contribution >= 0.6 is 46.9 Å². The highest BCUT2D eigenvalue weighted by Crippen LogP contribution is 2.22. The summed E-state index contributed by atoms with van der Waals surface area (Å²) in [6.45, 7) is 6.84. The lowest BCUT2D eigenvalue weighted by Crippen LogP contribution is -2.38. The first-order valence-electron chi connectivity index (χ1n) is 7.15. The smallest absolute Gasteiger partial charge is 0.191 e. The third kappa shape index (κ3) is 5.61. The van der Waals surface area contributed by atoms with Crippen molar-refractivity contribution in [1.82, 2.24) is 15.6 Å². The Morgan fingerprint density at radius 3 is 2.61 bits per heavy atom. The van der Waals surface area contributed by atoms with Crippen molar-refractivity contribution in [3.8, 4) is 0 Å². The minimum absolute atomic E-state index is 0. The summed E-state index contributed by atoms with van der Waals surface area (Å²) < 4.78 is 0. The minimum Gasteiger partial charge on any atom is -0.350 e. The molecule has 0 bridgehead atoms. The molecule has 0 spiro atoms. The number of nitrogens with one attached hydrogen (secondary N) is 2. The molecule has 126 valence electrons. The van der Waals surface area contributed by atoms with Crippen LogP contribution in [0.2, 0.25) is 5.02 Å². The number of hydrogen-bond donors (Lipinski definition) is 2. The number of halogens is 2. The summed E-state index contributed by atoms with van der Waals surface area (Å²) in [6, 6.07) is 7.89. The second-order valence-electron chi connectivity index (χ2n) is 5.06. The SMILES string of the molecule is CN=C(NCc1nc(C)c(C)s1)NC(C)c1ccccc1Cl.I. The van der Waals surface area contributed by atoms with Crippen molar-refractivity contribution in [1.29, 1.82) is 0 Å². The van der Waals surface area contributed by atoms with Crippen LogP contribution in [0.5, 0.6) is 0 Å². The molecule has 1 atom stereocenters. The maximum Gasteiger partial charge on any atom is 0.191 e. The van der Waals surface area contributed by atoms with Gasteiger partial charge < -0.3 is 10.6 Å². The molecular formula is C16H22ClIN4S. The van der Waals surface area contributed by atoms with Gasteiger partial charge in [-0.25, -0.2) is 4.98 Å². The number of benzene rings is 1. The fourth-order valence-corrected chi connectivity index (χ4v) is 3.25. The van der Waals surface area contributed by atoms with Crippen LogP contribution < -0.4 is 10.6 Å². The summed E-state index contributed by atoms with van der Waals surface area (Å²) in [5.74, 6) is 0.734. The molecule has 2 N–H and O–H groups in total. The first kappa shape index (κ1) is 20.2. The summed E-state index contributed by atoms with van der Waals surface area (Å²) in [5, 5.41) is 8.45. The Morgan fingerprint density at radius 2 is 2.04 bits per heavy atom. The average molecular weight is 465 g/mol. The Labute approximate surface area is 163 Å². The van der Waals surface area contributed by atoms with Crippen LogP contribution in [0.3, 0.4) is 0 Å². The number of aliphatic imine (C=N–C) groups is 1. The van der Waals surface area contributed by atoms with E-state index >= 15 is 0 Å². The quantitative estimate of drug-likeness (QED) is 0.399. The van der Waals surface area contributed by atoms with Gasteiger partial charge in [0.05, 0.1) is 18.3 Å². The maximum atomic E-state index is 6.23. The zero-order valence-corrected chi connectivity index (χ0v) is 17.6. The van der Waals surface area contributed by atoms with E-state index in [1.54, 1.807) is 18.4 Å². The third-order valence-electron chi connectivity index (χ3n) is 3.43.